The third kappa shape index (κ3) is 68.4. The van der Waals surface area contributed by atoms with E-state index in [0.717, 1.165) is 64.2 Å². The Bertz CT molecular complexity index is 1370. The third-order valence-corrected chi connectivity index (χ3v) is 16.8. The second-order valence-electron chi connectivity index (χ2n) is 25.2. The van der Waals surface area contributed by atoms with Gasteiger partial charge < -0.3 is 14.2 Å². The third-order valence-electron chi connectivity index (χ3n) is 16.8. The molecule has 0 amide bonds. The molecule has 0 saturated heterocycles. The maximum Gasteiger partial charge on any atom is 0.306 e. The molecular formula is C76H142O6. The Kier molecular flexibility index (Phi) is 69.1. The summed E-state index contributed by atoms with van der Waals surface area (Å²) >= 11 is 0. The van der Waals surface area contributed by atoms with Crippen LogP contribution in [0.2, 0.25) is 0 Å². The molecule has 1 unspecified atom stereocenters. The molecule has 0 bridgehead atoms. The predicted molar refractivity (Wildman–Crippen MR) is 358 cm³/mol. The van der Waals surface area contributed by atoms with Gasteiger partial charge in [-0.05, 0) is 96.3 Å². The van der Waals surface area contributed by atoms with Gasteiger partial charge in [0.25, 0.3) is 0 Å². The summed E-state index contributed by atoms with van der Waals surface area (Å²) in [5.41, 5.74) is 0. The number of hydrogen-bond donors (Lipinski definition) is 0. The number of ether oxygens (including phenoxy) is 3. The summed E-state index contributed by atoms with van der Waals surface area (Å²) in [6, 6.07) is 0. The van der Waals surface area contributed by atoms with E-state index in [1.165, 1.54) is 308 Å². The highest BCUT2D eigenvalue weighted by molar-refractivity contribution is 5.71. The van der Waals surface area contributed by atoms with Crippen LogP contribution in [0.25, 0.3) is 0 Å². The first-order valence-electron chi connectivity index (χ1n) is 37.0. The van der Waals surface area contributed by atoms with E-state index in [0.29, 0.717) is 19.3 Å². The van der Waals surface area contributed by atoms with E-state index < -0.39 is 6.10 Å². The van der Waals surface area contributed by atoms with Gasteiger partial charge in [0, 0.05) is 19.3 Å². The van der Waals surface area contributed by atoms with E-state index in [9.17, 15) is 14.4 Å². The highest BCUT2D eigenvalue weighted by Crippen LogP contribution is 2.19. The quantitative estimate of drug-likeness (QED) is 0.0261. The molecule has 0 aromatic rings. The molecule has 0 aromatic carbocycles. The second-order valence-corrected chi connectivity index (χ2v) is 25.2. The lowest BCUT2D eigenvalue weighted by atomic mass is 10.0. The molecule has 0 N–H and O–H groups in total. The molecule has 0 heterocycles. The van der Waals surface area contributed by atoms with E-state index in [1.54, 1.807) is 0 Å². The predicted octanol–water partition coefficient (Wildman–Crippen LogP) is 25.5. The zero-order valence-corrected chi connectivity index (χ0v) is 55.5. The number of hydrogen-bond acceptors (Lipinski definition) is 6. The Morgan fingerprint density at radius 3 is 0.634 bits per heavy atom. The molecule has 6 nitrogen and oxygen atoms in total. The van der Waals surface area contributed by atoms with Crippen LogP contribution < -0.4 is 0 Å². The van der Waals surface area contributed by atoms with Gasteiger partial charge in [0.1, 0.15) is 13.2 Å². The molecule has 0 aliphatic rings. The Morgan fingerprint density at radius 1 is 0.232 bits per heavy atom. The van der Waals surface area contributed by atoms with Crippen LogP contribution in [-0.2, 0) is 28.6 Å². The van der Waals surface area contributed by atoms with Crippen molar-refractivity contribution in [2.24, 2.45) is 0 Å². The smallest absolute Gasteiger partial charge is 0.306 e. The van der Waals surface area contributed by atoms with Gasteiger partial charge in [-0.1, -0.05) is 333 Å². The molecule has 0 radical (unpaired) electrons. The number of allylic oxidation sites excluding steroid dienone is 6. The maximum absolute atomic E-state index is 12.9. The Morgan fingerprint density at radius 2 is 0.402 bits per heavy atom. The number of carbonyl (C=O) groups is 3. The van der Waals surface area contributed by atoms with E-state index in [4.69, 9.17) is 14.2 Å². The standard InChI is InChI=1S/C76H142O6/c1-4-7-10-13-16-19-22-25-27-29-30-31-32-33-34-35-36-37-38-39-40-41-42-43-44-45-46-48-49-51-54-57-60-63-66-69-75(78)81-72-73(71-80-74(77)68-65-62-59-56-53-24-21-18-15-12-9-6-3)82-76(79)70-67-64-61-58-55-52-50-47-28-26-23-20-17-14-11-8-5-2/h18,21,26,28-30,73H,4-17,19-20,22-25,27,31-72H2,1-3H3/b21-18-,28-26-,30-29-. The molecule has 0 rings (SSSR count). The minimum absolute atomic E-state index is 0.0718. The summed E-state index contributed by atoms with van der Waals surface area (Å²) in [4.78, 5) is 38.4. The van der Waals surface area contributed by atoms with E-state index >= 15 is 0 Å². The molecule has 482 valence electrons. The Labute approximate surface area is 512 Å². The van der Waals surface area contributed by atoms with Gasteiger partial charge in [-0.2, -0.15) is 0 Å². The number of rotatable bonds is 69. The van der Waals surface area contributed by atoms with Crippen molar-refractivity contribution in [3.63, 3.8) is 0 Å². The zero-order valence-electron chi connectivity index (χ0n) is 55.5. The number of carbonyl (C=O) groups excluding carboxylic acids is 3. The molecule has 1 atom stereocenters. The van der Waals surface area contributed by atoms with Gasteiger partial charge >= 0.3 is 17.9 Å². The van der Waals surface area contributed by atoms with Crippen LogP contribution in [-0.4, -0.2) is 37.2 Å². The average molecular weight is 1150 g/mol. The van der Waals surface area contributed by atoms with Crippen LogP contribution in [0.4, 0.5) is 0 Å². The lowest BCUT2D eigenvalue weighted by Crippen LogP contribution is -2.30. The molecule has 0 spiro atoms. The lowest BCUT2D eigenvalue weighted by Gasteiger charge is -2.18. The first-order chi connectivity index (χ1) is 40.5. The maximum atomic E-state index is 12.9. The topological polar surface area (TPSA) is 78.9 Å². The monoisotopic (exact) mass is 1150 g/mol. The highest BCUT2D eigenvalue weighted by atomic mass is 16.6. The highest BCUT2D eigenvalue weighted by Gasteiger charge is 2.19. The van der Waals surface area contributed by atoms with Crippen molar-refractivity contribution >= 4 is 17.9 Å². The fourth-order valence-corrected chi connectivity index (χ4v) is 11.3. The van der Waals surface area contributed by atoms with Crippen LogP contribution in [0.1, 0.15) is 412 Å². The van der Waals surface area contributed by atoms with Crippen LogP contribution in [0.5, 0.6) is 0 Å². The summed E-state index contributed by atoms with van der Waals surface area (Å²) in [7, 11) is 0. The summed E-state index contributed by atoms with van der Waals surface area (Å²) in [6.45, 7) is 6.67. The molecule has 0 aliphatic carbocycles. The summed E-state index contributed by atoms with van der Waals surface area (Å²) in [6.07, 6.45) is 89.2. The fraction of sp³-hybridized carbons (Fsp3) is 0.882. The lowest BCUT2D eigenvalue weighted by molar-refractivity contribution is -0.167. The van der Waals surface area contributed by atoms with Crippen LogP contribution in [0.3, 0.4) is 0 Å². The van der Waals surface area contributed by atoms with Crippen LogP contribution >= 0.6 is 0 Å². The number of esters is 3. The SMILES string of the molecule is CCCCC/C=C\CCCCCCCC(=O)OCC(COC(=O)CCCCCCCCCCCCCCCCCCCCCCCCC/C=C\CCCCCCCCCC)OC(=O)CCCCCCCCC/C=C\CCCCCCCC. The number of unbranched alkanes of at least 4 members (excludes halogenated alkanes) is 52. The normalized spacial score (nSPS) is 12.2. The molecule has 82 heavy (non-hydrogen) atoms. The first kappa shape index (κ1) is 79.6. The van der Waals surface area contributed by atoms with E-state index in [-0.39, 0.29) is 31.1 Å². The minimum Gasteiger partial charge on any atom is -0.462 e. The molecule has 0 saturated carbocycles. The van der Waals surface area contributed by atoms with Crippen molar-refractivity contribution in [3.8, 4) is 0 Å². The van der Waals surface area contributed by atoms with Gasteiger partial charge in [-0.15, -0.1) is 0 Å². The summed E-state index contributed by atoms with van der Waals surface area (Å²) < 4.78 is 17.0. The van der Waals surface area contributed by atoms with Gasteiger partial charge in [0.2, 0.25) is 0 Å². The van der Waals surface area contributed by atoms with Crippen molar-refractivity contribution in [2.45, 2.75) is 419 Å². The molecule has 0 aliphatic heterocycles. The summed E-state index contributed by atoms with van der Waals surface area (Å²) in [5, 5.41) is 0. The van der Waals surface area contributed by atoms with Crippen molar-refractivity contribution in [2.75, 3.05) is 13.2 Å². The largest absolute Gasteiger partial charge is 0.462 e. The molecule has 0 fully saturated rings. The minimum atomic E-state index is -0.776. The van der Waals surface area contributed by atoms with Crippen molar-refractivity contribution in [3.05, 3.63) is 36.5 Å². The molecule has 0 aromatic heterocycles. The van der Waals surface area contributed by atoms with Crippen LogP contribution in [0, 0.1) is 0 Å². The van der Waals surface area contributed by atoms with Crippen molar-refractivity contribution in [1.82, 2.24) is 0 Å². The Hall–Kier alpha value is -2.37. The van der Waals surface area contributed by atoms with E-state index in [1.807, 2.05) is 0 Å². The molecular weight excluding hydrogens is 1010 g/mol. The molecule has 6 heteroatoms. The second kappa shape index (κ2) is 71.1. The first-order valence-corrected chi connectivity index (χ1v) is 37.0. The average Bonchev–Trinajstić information content (AvgIpc) is 3.47. The van der Waals surface area contributed by atoms with Gasteiger partial charge in [0.05, 0.1) is 0 Å². The van der Waals surface area contributed by atoms with Gasteiger partial charge in [-0.25, -0.2) is 0 Å². The van der Waals surface area contributed by atoms with Crippen molar-refractivity contribution < 1.29 is 28.6 Å². The zero-order chi connectivity index (χ0) is 59.2. The Balaban J connectivity index is 4.05. The van der Waals surface area contributed by atoms with Gasteiger partial charge in [-0.3, -0.25) is 14.4 Å². The van der Waals surface area contributed by atoms with E-state index in [2.05, 4.69) is 57.2 Å². The van der Waals surface area contributed by atoms with Crippen molar-refractivity contribution in [1.29, 1.82) is 0 Å². The summed E-state index contributed by atoms with van der Waals surface area (Å²) in [5.74, 6) is -0.859. The fourth-order valence-electron chi connectivity index (χ4n) is 11.3. The van der Waals surface area contributed by atoms with Crippen LogP contribution in [0.15, 0.2) is 36.5 Å². The van der Waals surface area contributed by atoms with Gasteiger partial charge in [0.15, 0.2) is 6.10 Å².